The normalized spacial score (nSPS) is 9.73. The average Bonchev–Trinajstić information content (AvgIpc) is 2.65. The van der Waals surface area contributed by atoms with Crippen molar-refractivity contribution in [2.45, 2.75) is 6.42 Å². The molecule has 15 heavy (non-hydrogen) atoms. The Morgan fingerprint density at radius 2 is 2.27 bits per heavy atom. The Bertz CT molecular complexity index is 336. The number of aromatic nitrogens is 2. The Morgan fingerprint density at radius 3 is 2.87 bits per heavy atom. The van der Waals surface area contributed by atoms with E-state index in [9.17, 15) is 9.59 Å². The number of methoxy groups -OCH3 is 1. The highest BCUT2D eigenvalue weighted by Crippen LogP contribution is 2.15. The number of hydrogen-bond donors (Lipinski definition) is 1. The molecule has 0 aliphatic heterocycles. The van der Waals surface area contributed by atoms with E-state index in [1.807, 2.05) is 0 Å². The number of nitrogens with zero attached hydrogens (tertiary/aromatic N) is 2. The number of alkyl halides is 1. The zero-order valence-electron chi connectivity index (χ0n) is 7.82. The average molecular weight is 294 g/mol. The molecule has 0 aromatic carbocycles. The maximum atomic E-state index is 11.0. The molecule has 0 radical (unpaired) electrons. The highest BCUT2D eigenvalue weighted by atomic mass is 79.9. The fourth-order valence-corrected chi connectivity index (χ4v) is 1.61. The van der Waals surface area contributed by atoms with Gasteiger partial charge in [-0.3, -0.25) is 14.9 Å². The van der Waals surface area contributed by atoms with Crippen LogP contribution in [0.15, 0.2) is 0 Å². The standard InChI is InChI=1S/C7H8BrN3O3S/c1-14-6(13)2-5-10-11-7(15-5)9-4(12)3-8/h2-3H2,1H3,(H,9,11,12). The van der Waals surface area contributed by atoms with Crippen LogP contribution in [0, 0.1) is 0 Å². The largest absolute Gasteiger partial charge is 0.469 e. The van der Waals surface area contributed by atoms with E-state index in [1.165, 1.54) is 7.11 Å². The molecular weight excluding hydrogens is 286 g/mol. The van der Waals surface area contributed by atoms with Crippen molar-refractivity contribution in [3.63, 3.8) is 0 Å². The number of esters is 1. The predicted molar refractivity (Wildman–Crippen MR) is 58.1 cm³/mol. The van der Waals surface area contributed by atoms with Crippen LogP contribution in [0.25, 0.3) is 0 Å². The number of carbonyl (C=O) groups excluding carboxylic acids is 2. The van der Waals surface area contributed by atoms with Crippen molar-refractivity contribution >= 4 is 44.3 Å². The summed E-state index contributed by atoms with van der Waals surface area (Å²) in [5, 5.41) is 11.0. The molecule has 1 aromatic heterocycles. The van der Waals surface area contributed by atoms with Crippen LogP contribution in [0.4, 0.5) is 5.13 Å². The van der Waals surface area contributed by atoms with E-state index in [-0.39, 0.29) is 23.6 Å². The second-order valence-corrected chi connectivity index (χ2v) is 4.06. The predicted octanol–water partition coefficient (Wildman–Crippen LogP) is 0.587. The summed E-state index contributed by atoms with van der Waals surface area (Å²) < 4.78 is 4.47. The molecule has 1 heterocycles. The molecule has 0 saturated heterocycles. The molecule has 0 aliphatic carbocycles. The van der Waals surface area contributed by atoms with Crippen LogP contribution in [0.2, 0.25) is 0 Å². The molecule has 1 rings (SSSR count). The van der Waals surface area contributed by atoms with Gasteiger partial charge in [0, 0.05) is 0 Å². The van der Waals surface area contributed by atoms with Gasteiger partial charge in [-0.25, -0.2) is 0 Å². The van der Waals surface area contributed by atoms with Crippen molar-refractivity contribution in [1.29, 1.82) is 0 Å². The minimum absolute atomic E-state index is 0.0678. The van der Waals surface area contributed by atoms with Gasteiger partial charge in [0.05, 0.1) is 18.9 Å². The molecule has 0 aliphatic rings. The molecule has 1 aromatic rings. The van der Waals surface area contributed by atoms with Crippen molar-refractivity contribution in [3.8, 4) is 0 Å². The molecule has 0 saturated carbocycles. The van der Waals surface area contributed by atoms with Crippen molar-refractivity contribution < 1.29 is 14.3 Å². The first-order valence-electron chi connectivity index (χ1n) is 3.90. The first-order valence-corrected chi connectivity index (χ1v) is 5.84. The molecule has 0 fully saturated rings. The third kappa shape index (κ3) is 3.92. The Balaban J connectivity index is 2.56. The van der Waals surface area contributed by atoms with E-state index >= 15 is 0 Å². The number of carbonyl (C=O) groups is 2. The summed E-state index contributed by atoms with van der Waals surface area (Å²) in [6.45, 7) is 0. The maximum absolute atomic E-state index is 11.0. The zero-order chi connectivity index (χ0) is 11.3. The van der Waals surface area contributed by atoms with E-state index in [0.29, 0.717) is 10.1 Å². The lowest BCUT2D eigenvalue weighted by Gasteiger charge is -1.94. The van der Waals surface area contributed by atoms with Gasteiger partial charge in [0.2, 0.25) is 11.0 Å². The molecule has 6 nitrogen and oxygen atoms in total. The SMILES string of the molecule is COC(=O)Cc1nnc(NC(=O)CBr)s1. The summed E-state index contributed by atoms with van der Waals surface area (Å²) in [6.07, 6.45) is 0.0678. The summed E-state index contributed by atoms with van der Waals surface area (Å²) in [5.74, 6) is -0.597. The third-order valence-electron chi connectivity index (χ3n) is 1.36. The minimum atomic E-state index is -0.385. The number of nitrogens with one attached hydrogen (secondary N) is 1. The molecule has 0 atom stereocenters. The van der Waals surface area contributed by atoms with E-state index in [0.717, 1.165) is 11.3 Å². The number of amides is 1. The van der Waals surface area contributed by atoms with Gasteiger partial charge in [-0.15, -0.1) is 10.2 Å². The number of halogens is 1. The summed E-state index contributed by atoms with van der Waals surface area (Å²) in [7, 11) is 1.30. The topological polar surface area (TPSA) is 81.2 Å². The molecule has 0 unspecified atom stereocenters. The maximum Gasteiger partial charge on any atom is 0.312 e. The Hall–Kier alpha value is -1.02. The second kappa shape index (κ2) is 5.76. The molecule has 1 N–H and O–H groups in total. The van der Waals surface area contributed by atoms with Gasteiger partial charge in [0.25, 0.3) is 0 Å². The second-order valence-electron chi connectivity index (χ2n) is 2.44. The molecule has 1 amide bonds. The van der Waals surface area contributed by atoms with Crippen LogP contribution < -0.4 is 5.32 Å². The highest BCUT2D eigenvalue weighted by molar-refractivity contribution is 9.09. The quantitative estimate of drug-likeness (QED) is 0.649. The number of anilines is 1. The van der Waals surface area contributed by atoms with Crippen LogP contribution in [0.1, 0.15) is 5.01 Å². The minimum Gasteiger partial charge on any atom is -0.469 e. The monoisotopic (exact) mass is 293 g/mol. The fourth-order valence-electron chi connectivity index (χ4n) is 0.724. The van der Waals surface area contributed by atoms with Crippen LogP contribution in [0.3, 0.4) is 0 Å². The van der Waals surface area contributed by atoms with Gasteiger partial charge in [-0.05, 0) is 0 Å². The van der Waals surface area contributed by atoms with Crippen molar-refractivity contribution in [2.24, 2.45) is 0 Å². The third-order valence-corrected chi connectivity index (χ3v) is 2.71. The zero-order valence-corrected chi connectivity index (χ0v) is 10.2. The van der Waals surface area contributed by atoms with E-state index < -0.39 is 0 Å². The van der Waals surface area contributed by atoms with Gasteiger partial charge < -0.3 is 4.74 Å². The Kier molecular flexibility index (Phi) is 4.63. The van der Waals surface area contributed by atoms with Gasteiger partial charge in [-0.1, -0.05) is 27.3 Å². The highest BCUT2D eigenvalue weighted by Gasteiger charge is 2.10. The smallest absolute Gasteiger partial charge is 0.312 e. The molecule has 8 heteroatoms. The van der Waals surface area contributed by atoms with Crippen molar-refractivity contribution in [2.75, 3.05) is 17.8 Å². The van der Waals surface area contributed by atoms with Crippen LogP contribution in [-0.2, 0) is 20.7 Å². The van der Waals surface area contributed by atoms with Crippen LogP contribution in [-0.4, -0.2) is 34.5 Å². The molecular formula is C7H8BrN3O3S. The molecule has 0 spiro atoms. The number of rotatable bonds is 4. The molecule has 82 valence electrons. The van der Waals surface area contributed by atoms with E-state index in [2.05, 4.69) is 36.2 Å². The lowest BCUT2D eigenvalue weighted by molar-refractivity contribution is -0.139. The van der Waals surface area contributed by atoms with Gasteiger partial charge >= 0.3 is 5.97 Å². The lowest BCUT2D eigenvalue weighted by atomic mass is 10.5. The van der Waals surface area contributed by atoms with Crippen molar-refractivity contribution in [3.05, 3.63) is 5.01 Å². The first kappa shape index (κ1) is 12.1. The summed E-state index contributed by atoms with van der Waals surface area (Å²) in [6, 6.07) is 0. The van der Waals surface area contributed by atoms with Crippen LogP contribution >= 0.6 is 27.3 Å². The van der Waals surface area contributed by atoms with Gasteiger partial charge in [0.1, 0.15) is 5.01 Å². The Morgan fingerprint density at radius 1 is 1.53 bits per heavy atom. The summed E-state index contributed by atoms with van der Waals surface area (Å²) in [5.41, 5.74) is 0. The van der Waals surface area contributed by atoms with Crippen LogP contribution in [0.5, 0.6) is 0 Å². The summed E-state index contributed by atoms with van der Waals surface area (Å²) in [4.78, 5) is 21.8. The van der Waals surface area contributed by atoms with E-state index in [4.69, 9.17) is 0 Å². The Labute approximate surface area is 98.2 Å². The lowest BCUT2D eigenvalue weighted by Crippen LogP contribution is -2.11. The number of hydrogen-bond acceptors (Lipinski definition) is 6. The van der Waals surface area contributed by atoms with E-state index in [1.54, 1.807) is 0 Å². The van der Waals surface area contributed by atoms with Crippen molar-refractivity contribution in [1.82, 2.24) is 10.2 Å². The fraction of sp³-hybridized carbons (Fsp3) is 0.429. The summed E-state index contributed by atoms with van der Waals surface area (Å²) >= 11 is 4.15. The van der Waals surface area contributed by atoms with Gasteiger partial charge in [-0.2, -0.15) is 0 Å². The number of ether oxygens (including phenoxy) is 1. The first-order chi connectivity index (χ1) is 7.15. The van der Waals surface area contributed by atoms with Gasteiger partial charge in [0.15, 0.2) is 0 Å². The molecule has 0 bridgehead atoms.